The second-order valence-electron chi connectivity index (χ2n) is 4.63. The zero-order valence-electron chi connectivity index (χ0n) is 12.4. The number of carboxylic acids is 2. The maximum atomic E-state index is 10.3. The summed E-state index contributed by atoms with van der Waals surface area (Å²) < 4.78 is 0. The predicted molar refractivity (Wildman–Crippen MR) is 93.0 cm³/mol. The van der Waals surface area contributed by atoms with E-state index in [4.69, 9.17) is 10.2 Å². The number of hydrogen-bond acceptors (Lipinski definition) is 4. The van der Waals surface area contributed by atoms with E-state index in [1.54, 1.807) is 0 Å². The standard InChI is InChI=1S/C14H26O4S2Se/c15-13(16)11-19-7-3-1-5-9-21-10-6-2-4-8-20-12-14(17)18/h1-12H2,(H,15,16)(H,17,18). The van der Waals surface area contributed by atoms with Crippen molar-refractivity contribution in [2.45, 2.75) is 49.2 Å². The van der Waals surface area contributed by atoms with Crippen molar-refractivity contribution in [3.8, 4) is 0 Å². The van der Waals surface area contributed by atoms with Crippen LogP contribution in [0.1, 0.15) is 38.5 Å². The van der Waals surface area contributed by atoms with Gasteiger partial charge in [0.1, 0.15) is 0 Å². The average molecular weight is 401 g/mol. The van der Waals surface area contributed by atoms with Crippen LogP contribution in [0.25, 0.3) is 0 Å². The topological polar surface area (TPSA) is 74.6 Å². The number of hydrogen-bond donors (Lipinski definition) is 2. The van der Waals surface area contributed by atoms with Gasteiger partial charge in [-0.2, -0.15) is 0 Å². The van der Waals surface area contributed by atoms with Gasteiger partial charge in [0.05, 0.1) is 0 Å². The third kappa shape index (κ3) is 20.2. The Balaban J connectivity index is 2.99. The first-order valence-corrected chi connectivity index (χ1v) is 12.0. The molecule has 0 aromatic rings. The van der Waals surface area contributed by atoms with Crippen LogP contribution in [0.5, 0.6) is 0 Å². The molecule has 0 fully saturated rings. The fourth-order valence-corrected chi connectivity index (χ4v) is 5.19. The van der Waals surface area contributed by atoms with Crippen molar-refractivity contribution < 1.29 is 19.8 Å². The van der Waals surface area contributed by atoms with Crippen molar-refractivity contribution in [3.63, 3.8) is 0 Å². The van der Waals surface area contributed by atoms with E-state index in [0.29, 0.717) is 0 Å². The minimum absolute atomic E-state index is 0.231. The fourth-order valence-electron chi connectivity index (χ4n) is 1.59. The van der Waals surface area contributed by atoms with Crippen molar-refractivity contribution in [1.82, 2.24) is 0 Å². The first kappa shape index (κ1) is 21.2. The molecule has 124 valence electrons. The van der Waals surface area contributed by atoms with E-state index in [0.717, 1.165) is 39.3 Å². The number of carboxylic acid groups (broad SMARTS) is 2. The molecule has 0 saturated carbocycles. The fraction of sp³-hybridized carbons (Fsp3) is 0.857. The Kier molecular flexibility index (Phi) is 16.7. The van der Waals surface area contributed by atoms with Crippen molar-refractivity contribution in [3.05, 3.63) is 0 Å². The van der Waals surface area contributed by atoms with Crippen molar-refractivity contribution >= 4 is 50.4 Å². The first-order chi connectivity index (χ1) is 10.1. The van der Waals surface area contributed by atoms with Crippen LogP contribution in [0.2, 0.25) is 10.6 Å². The molecule has 0 heterocycles. The van der Waals surface area contributed by atoms with E-state index < -0.39 is 11.9 Å². The van der Waals surface area contributed by atoms with Gasteiger partial charge in [0.25, 0.3) is 0 Å². The summed E-state index contributed by atoms with van der Waals surface area (Å²) in [6.07, 6.45) is 7.27. The van der Waals surface area contributed by atoms with E-state index in [1.165, 1.54) is 59.8 Å². The van der Waals surface area contributed by atoms with Gasteiger partial charge in [0, 0.05) is 0 Å². The van der Waals surface area contributed by atoms with Crippen LogP contribution in [0, 0.1) is 0 Å². The first-order valence-electron chi connectivity index (χ1n) is 7.29. The Morgan fingerprint density at radius 2 is 1.14 bits per heavy atom. The number of unbranched alkanes of at least 4 members (excludes halogenated alkanes) is 4. The van der Waals surface area contributed by atoms with Crippen molar-refractivity contribution in [1.29, 1.82) is 0 Å². The van der Waals surface area contributed by atoms with E-state index in [1.807, 2.05) is 0 Å². The molecule has 0 atom stereocenters. The second-order valence-corrected chi connectivity index (χ2v) is 9.41. The van der Waals surface area contributed by atoms with Gasteiger partial charge in [-0.25, -0.2) is 0 Å². The summed E-state index contributed by atoms with van der Waals surface area (Å²) in [5.41, 5.74) is 0. The molecule has 0 saturated heterocycles. The molecule has 4 nitrogen and oxygen atoms in total. The number of aliphatic carboxylic acids is 2. The molecule has 0 amide bonds. The zero-order chi connectivity index (χ0) is 15.8. The number of carbonyl (C=O) groups is 2. The summed E-state index contributed by atoms with van der Waals surface area (Å²) in [5, 5.41) is 19.6. The predicted octanol–water partition coefficient (Wildman–Crippen LogP) is 3.50. The van der Waals surface area contributed by atoms with E-state index >= 15 is 0 Å². The van der Waals surface area contributed by atoms with Crippen LogP contribution in [0.3, 0.4) is 0 Å². The van der Waals surface area contributed by atoms with Gasteiger partial charge >= 0.3 is 142 Å². The summed E-state index contributed by atoms with van der Waals surface area (Å²) in [4.78, 5) is 20.6. The average Bonchev–Trinajstić information content (AvgIpc) is 2.42. The zero-order valence-corrected chi connectivity index (χ0v) is 15.8. The molecule has 0 aliphatic heterocycles. The maximum absolute atomic E-state index is 10.3. The summed E-state index contributed by atoms with van der Waals surface area (Å²) >= 11 is 3.77. The molecule has 21 heavy (non-hydrogen) atoms. The summed E-state index contributed by atoms with van der Waals surface area (Å²) in [5.74, 6) is 0.957. The van der Waals surface area contributed by atoms with Gasteiger partial charge in [-0.05, 0) is 0 Å². The van der Waals surface area contributed by atoms with Gasteiger partial charge in [-0.15, -0.1) is 0 Å². The monoisotopic (exact) mass is 402 g/mol. The molecule has 7 heteroatoms. The molecule has 0 aromatic carbocycles. The van der Waals surface area contributed by atoms with Crippen molar-refractivity contribution in [2.24, 2.45) is 0 Å². The summed E-state index contributed by atoms with van der Waals surface area (Å²) in [6, 6.07) is 0. The number of rotatable bonds is 16. The van der Waals surface area contributed by atoms with Gasteiger partial charge in [-0.3, -0.25) is 0 Å². The van der Waals surface area contributed by atoms with E-state index in [-0.39, 0.29) is 11.5 Å². The molecular formula is C14H26O4S2Se. The molecular weight excluding hydrogens is 375 g/mol. The van der Waals surface area contributed by atoms with Crippen LogP contribution >= 0.6 is 23.5 Å². The second kappa shape index (κ2) is 16.5. The molecule has 0 bridgehead atoms. The third-order valence-electron chi connectivity index (χ3n) is 2.61. The summed E-state index contributed by atoms with van der Waals surface area (Å²) in [6.45, 7) is 0. The van der Waals surface area contributed by atoms with Gasteiger partial charge in [0.2, 0.25) is 0 Å². The Labute approximate surface area is 142 Å². The van der Waals surface area contributed by atoms with E-state index in [9.17, 15) is 9.59 Å². The Hall–Kier alpha value is 0.159. The molecule has 0 unspecified atom stereocenters. The minimum atomic E-state index is -0.718. The normalized spacial score (nSPS) is 10.7. The third-order valence-corrected chi connectivity index (χ3v) is 7.09. The molecule has 0 aliphatic rings. The Morgan fingerprint density at radius 3 is 1.52 bits per heavy atom. The van der Waals surface area contributed by atoms with Crippen LogP contribution in [0.4, 0.5) is 0 Å². The SMILES string of the molecule is O=C(O)CSCCCCC[Se]CCCCCSCC(=O)O. The quantitative estimate of drug-likeness (QED) is 0.305. The molecule has 0 radical (unpaired) electrons. The van der Waals surface area contributed by atoms with Gasteiger partial charge in [-0.1, -0.05) is 0 Å². The summed E-state index contributed by atoms with van der Waals surface area (Å²) in [7, 11) is 0. The molecule has 0 spiro atoms. The Morgan fingerprint density at radius 1 is 0.714 bits per heavy atom. The van der Waals surface area contributed by atoms with Gasteiger partial charge < -0.3 is 0 Å². The molecule has 0 aromatic heterocycles. The molecule has 2 N–H and O–H groups in total. The molecule has 0 aliphatic carbocycles. The van der Waals surface area contributed by atoms with Crippen LogP contribution < -0.4 is 0 Å². The van der Waals surface area contributed by atoms with E-state index in [2.05, 4.69) is 0 Å². The van der Waals surface area contributed by atoms with Crippen molar-refractivity contribution in [2.75, 3.05) is 23.0 Å². The van der Waals surface area contributed by atoms with Gasteiger partial charge in [0.15, 0.2) is 0 Å². The Bertz CT molecular complexity index is 252. The van der Waals surface area contributed by atoms with Crippen LogP contribution in [-0.2, 0) is 9.59 Å². The van der Waals surface area contributed by atoms with Crippen LogP contribution in [0.15, 0.2) is 0 Å². The van der Waals surface area contributed by atoms with Crippen LogP contribution in [-0.4, -0.2) is 60.1 Å². The molecule has 0 rings (SSSR count). The number of thioether (sulfide) groups is 2.